The van der Waals surface area contributed by atoms with Crippen LogP contribution in [0.2, 0.25) is 5.02 Å². The molecule has 23 heavy (non-hydrogen) atoms. The first-order chi connectivity index (χ1) is 11.2. The van der Waals surface area contributed by atoms with Crippen LogP contribution in [-0.2, 0) is 17.6 Å². The largest absolute Gasteiger partial charge is 0.481 e. The van der Waals surface area contributed by atoms with Gasteiger partial charge in [-0.15, -0.1) is 0 Å². The van der Waals surface area contributed by atoms with E-state index in [9.17, 15) is 9.90 Å². The first-order valence-electron chi connectivity index (χ1n) is 7.75. The summed E-state index contributed by atoms with van der Waals surface area (Å²) < 4.78 is 2.20. The van der Waals surface area contributed by atoms with E-state index in [-0.39, 0.29) is 5.92 Å². The molecular weight excluding hydrogens is 310 g/mol. The summed E-state index contributed by atoms with van der Waals surface area (Å²) in [7, 11) is 0. The number of hydrogen-bond donors (Lipinski definition) is 1. The van der Waals surface area contributed by atoms with E-state index in [4.69, 9.17) is 11.6 Å². The molecule has 0 radical (unpaired) electrons. The van der Waals surface area contributed by atoms with Crippen molar-refractivity contribution in [1.29, 1.82) is 0 Å². The van der Waals surface area contributed by atoms with Gasteiger partial charge in [-0.05, 0) is 43.0 Å². The van der Waals surface area contributed by atoms with E-state index in [1.807, 2.05) is 36.4 Å². The standard InChI is InChI=1S/C19H16ClNO2/c20-15-6-2-4-8-18(15)21-16-7-3-1-5-13(16)14-11-12(19(22)23)9-10-17(14)21/h1-8,12H,9-11H2,(H,22,23). The number of halogens is 1. The van der Waals surface area contributed by atoms with E-state index in [1.54, 1.807) is 0 Å². The zero-order chi connectivity index (χ0) is 16.0. The van der Waals surface area contributed by atoms with Crippen LogP contribution in [0.4, 0.5) is 0 Å². The van der Waals surface area contributed by atoms with E-state index in [2.05, 4.69) is 16.7 Å². The zero-order valence-electron chi connectivity index (χ0n) is 12.5. The van der Waals surface area contributed by atoms with Crippen molar-refractivity contribution in [1.82, 2.24) is 4.57 Å². The number of carboxylic acids is 1. The van der Waals surface area contributed by atoms with Crippen LogP contribution in [0.5, 0.6) is 0 Å². The number of para-hydroxylation sites is 2. The smallest absolute Gasteiger partial charge is 0.306 e. The van der Waals surface area contributed by atoms with Crippen molar-refractivity contribution in [2.24, 2.45) is 5.92 Å². The van der Waals surface area contributed by atoms with Gasteiger partial charge >= 0.3 is 5.97 Å². The van der Waals surface area contributed by atoms with Crippen LogP contribution >= 0.6 is 11.6 Å². The highest BCUT2D eigenvalue weighted by Gasteiger charge is 2.29. The second kappa shape index (κ2) is 5.43. The normalized spacial score (nSPS) is 17.2. The Morgan fingerprint density at radius 2 is 1.87 bits per heavy atom. The molecule has 1 unspecified atom stereocenters. The number of benzene rings is 2. The highest BCUT2D eigenvalue weighted by atomic mass is 35.5. The molecule has 1 atom stereocenters. The molecule has 2 aromatic carbocycles. The average Bonchev–Trinajstić information content (AvgIpc) is 2.89. The minimum absolute atomic E-state index is 0.298. The van der Waals surface area contributed by atoms with Crippen molar-refractivity contribution in [2.45, 2.75) is 19.3 Å². The molecular formula is C19H16ClNO2. The van der Waals surface area contributed by atoms with Gasteiger partial charge in [0.25, 0.3) is 0 Å². The minimum atomic E-state index is -0.703. The Bertz CT molecular complexity index is 913. The lowest BCUT2D eigenvalue weighted by Crippen LogP contribution is -2.22. The number of nitrogens with zero attached hydrogens (tertiary/aromatic N) is 1. The molecule has 3 nitrogen and oxygen atoms in total. The van der Waals surface area contributed by atoms with Gasteiger partial charge in [0.05, 0.1) is 22.1 Å². The molecule has 4 rings (SSSR count). The average molecular weight is 326 g/mol. The first kappa shape index (κ1) is 14.3. The van der Waals surface area contributed by atoms with Crippen LogP contribution in [0.25, 0.3) is 16.6 Å². The van der Waals surface area contributed by atoms with Gasteiger partial charge in [-0.25, -0.2) is 0 Å². The number of rotatable bonds is 2. The fourth-order valence-electron chi connectivity index (χ4n) is 3.63. The zero-order valence-corrected chi connectivity index (χ0v) is 13.3. The molecule has 3 aromatic rings. The Labute approximate surface area is 139 Å². The molecule has 0 saturated carbocycles. The molecule has 0 amide bonds. The van der Waals surface area contributed by atoms with Crippen LogP contribution in [0, 0.1) is 5.92 Å². The third kappa shape index (κ3) is 2.23. The Morgan fingerprint density at radius 3 is 2.65 bits per heavy atom. The van der Waals surface area contributed by atoms with Gasteiger partial charge in [0, 0.05) is 11.1 Å². The highest BCUT2D eigenvalue weighted by molar-refractivity contribution is 6.32. The Balaban J connectivity index is 2.00. The van der Waals surface area contributed by atoms with Gasteiger partial charge < -0.3 is 9.67 Å². The summed E-state index contributed by atoms with van der Waals surface area (Å²) in [6.45, 7) is 0. The van der Waals surface area contributed by atoms with Crippen molar-refractivity contribution in [2.75, 3.05) is 0 Å². The maximum absolute atomic E-state index is 11.4. The van der Waals surface area contributed by atoms with Crippen molar-refractivity contribution in [3.05, 3.63) is 64.8 Å². The molecule has 1 heterocycles. The summed E-state index contributed by atoms with van der Waals surface area (Å²) in [6.07, 6.45) is 2.01. The summed E-state index contributed by atoms with van der Waals surface area (Å²) in [5, 5.41) is 11.2. The third-order valence-corrected chi connectivity index (χ3v) is 5.03. The number of aliphatic carboxylic acids is 1. The van der Waals surface area contributed by atoms with Crippen LogP contribution in [0.3, 0.4) is 0 Å². The Morgan fingerprint density at radius 1 is 1.13 bits per heavy atom. The lowest BCUT2D eigenvalue weighted by Gasteiger charge is -2.21. The van der Waals surface area contributed by atoms with Crippen molar-refractivity contribution in [3.8, 4) is 5.69 Å². The second-order valence-electron chi connectivity index (χ2n) is 6.01. The SMILES string of the molecule is O=C(O)C1CCc2c(c3ccccc3n2-c2ccccc2Cl)C1. The molecule has 1 aliphatic carbocycles. The molecule has 116 valence electrons. The predicted octanol–water partition coefficient (Wildman–Crippen LogP) is 4.47. The summed E-state index contributed by atoms with van der Waals surface area (Å²) in [5.74, 6) is -1.00. The molecule has 0 saturated heterocycles. The van der Waals surface area contributed by atoms with E-state index in [0.29, 0.717) is 17.9 Å². The van der Waals surface area contributed by atoms with Crippen LogP contribution in [0.15, 0.2) is 48.5 Å². The Hall–Kier alpha value is -2.26. The monoisotopic (exact) mass is 325 g/mol. The summed E-state index contributed by atoms with van der Waals surface area (Å²) in [5.41, 5.74) is 4.40. The van der Waals surface area contributed by atoms with Gasteiger partial charge in [-0.2, -0.15) is 0 Å². The van der Waals surface area contributed by atoms with Crippen LogP contribution in [-0.4, -0.2) is 15.6 Å². The number of hydrogen-bond acceptors (Lipinski definition) is 1. The molecule has 1 aliphatic rings. The van der Waals surface area contributed by atoms with Gasteiger partial charge in [-0.1, -0.05) is 41.9 Å². The second-order valence-corrected chi connectivity index (χ2v) is 6.41. The third-order valence-electron chi connectivity index (χ3n) is 4.71. The molecule has 4 heteroatoms. The molecule has 0 bridgehead atoms. The molecule has 0 aliphatic heterocycles. The fourth-order valence-corrected chi connectivity index (χ4v) is 3.85. The first-order valence-corrected chi connectivity index (χ1v) is 8.13. The van der Waals surface area contributed by atoms with Crippen LogP contribution in [0.1, 0.15) is 17.7 Å². The van der Waals surface area contributed by atoms with Gasteiger partial charge in [0.15, 0.2) is 0 Å². The highest BCUT2D eigenvalue weighted by Crippen LogP contribution is 2.37. The molecule has 0 fully saturated rings. The molecule has 0 spiro atoms. The maximum atomic E-state index is 11.4. The lowest BCUT2D eigenvalue weighted by molar-refractivity contribution is -0.142. The van der Waals surface area contributed by atoms with Crippen LogP contribution < -0.4 is 0 Å². The van der Waals surface area contributed by atoms with E-state index >= 15 is 0 Å². The quantitative estimate of drug-likeness (QED) is 0.755. The molecule has 1 aromatic heterocycles. The van der Waals surface area contributed by atoms with Gasteiger partial charge in [0.1, 0.15) is 0 Å². The van der Waals surface area contributed by atoms with Crippen molar-refractivity contribution < 1.29 is 9.90 Å². The van der Waals surface area contributed by atoms with Gasteiger partial charge in [-0.3, -0.25) is 4.79 Å². The predicted molar refractivity (Wildman–Crippen MR) is 91.4 cm³/mol. The van der Waals surface area contributed by atoms with E-state index < -0.39 is 5.97 Å². The number of fused-ring (bicyclic) bond motifs is 3. The molecule has 1 N–H and O–H groups in total. The maximum Gasteiger partial charge on any atom is 0.306 e. The lowest BCUT2D eigenvalue weighted by atomic mass is 9.86. The number of carboxylic acid groups (broad SMARTS) is 1. The number of carbonyl (C=O) groups is 1. The summed E-state index contributed by atoms with van der Waals surface area (Å²) in [6, 6.07) is 16.0. The van der Waals surface area contributed by atoms with Crippen molar-refractivity contribution in [3.63, 3.8) is 0 Å². The number of aromatic nitrogens is 1. The topological polar surface area (TPSA) is 42.2 Å². The summed E-state index contributed by atoms with van der Waals surface area (Å²) >= 11 is 6.42. The van der Waals surface area contributed by atoms with Gasteiger partial charge in [0.2, 0.25) is 0 Å². The summed E-state index contributed by atoms with van der Waals surface area (Å²) in [4.78, 5) is 11.4. The van der Waals surface area contributed by atoms with Crippen molar-refractivity contribution >= 4 is 28.5 Å². The van der Waals surface area contributed by atoms with E-state index in [0.717, 1.165) is 28.6 Å². The fraction of sp³-hybridized carbons (Fsp3) is 0.211. The van der Waals surface area contributed by atoms with E-state index in [1.165, 1.54) is 5.69 Å². The Kier molecular flexibility index (Phi) is 3.38. The minimum Gasteiger partial charge on any atom is -0.481 e.